The maximum absolute atomic E-state index is 3.44. The minimum atomic E-state index is 0.781. The fraction of sp³-hybridized carbons (Fsp3) is 1.00. The number of piperidine rings is 1. The molecule has 2 fully saturated rings. The molecule has 0 aromatic heterocycles. The van der Waals surface area contributed by atoms with Gasteiger partial charge in [-0.2, -0.15) is 0 Å². The highest BCUT2D eigenvalue weighted by Gasteiger charge is 2.26. The molecule has 0 spiro atoms. The first-order chi connectivity index (χ1) is 7.81. The summed E-state index contributed by atoms with van der Waals surface area (Å²) in [6, 6.07) is 1.64. The van der Waals surface area contributed by atoms with Crippen LogP contribution in [-0.2, 0) is 0 Å². The van der Waals surface area contributed by atoms with Gasteiger partial charge in [0.25, 0.3) is 0 Å². The third-order valence-electron chi connectivity index (χ3n) is 4.38. The summed E-state index contributed by atoms with van der Waals surface area (Å²) >= 11 is 0. The fourth-order valence-corrected chi connectivity index (χ4v) is 3.00. The zero-order valence-corrected chi connectivity index (χ0v) is 10.9. The predicted octanol–water partition coefficient (Wildman–Crippen LogP) is 1.15. The van der Waals surface area contributed by atoms with Crippen LogP contribution in [0.1, 0.15) is 33.1 Å². The van der Waals surface area contributed by atoms with Gasteiger partial charge in [0, 0.05) is 38.3 Å². The first-order valence-corrected chi connectivity index (χ1v) is 7.00. The highest BCUT2D eigenvalue weighted by Crippen LogP contribution is 2.19. The van der Waals surface area contributed by atoms with Gasteiger partial charge in [-0.25, -0.2) is 0 Å². The monoisotopic (exact) mass is 225 g/mol. The predicted molar refractivity (Wildman–Crippen MR) is 68.8 cm³/mol. The van der Waals surface area contributed by atoms with Crippen LogP contribution >= 0.6 is 0 Å². The smallest absolute Gasteiger partial charge is 0.0121 e. The SMILES string of the molecule is CCC(C)N1CCC(N2CCNCC2)CC1. The number of hydrogen-bond acceptors (Lipinski definition) is 3. The van der Waals surface area contributed by atoms with E-state index in [1.807, 2.05) is 0 Å². The van der Waals surface area contributed by atoms with E-state index in [9.17, 15) is 0 Å². The van der Waals surface area contributed by atoms with Gasteiger partial charge in [-0.3, -0.25) is 4.90 Å². The quantitative estimate of drug-likeness (QED) is 0.777. The summed E-state index contributed by atoms with van der Waals surface area (Å²) in [7, 11) is 0. The maximum atomic E-state index is 3.44. The highest BCUT2D eigenvalue weighted by molar-refractivity contribution is 4.83. The first kappa shape index (κ1) is 12.3. The van der Waals surface area contributed by atoms with Crippen molar-refractivity contribution < 1.29 is 0 Å². The van der Waals surface area contributed by atoms with Crippen molar-refractivity contribution in [2.75, 3.05) is 39.3 Å². The molecule has 0 aromatic carbocycles. The molecule has 0 bridgehead atoms. The number of nitrogens with zero attached hydrogens (tertiary/aromatic N) is 2. The molecule has 0 aromatic rings. The Balaban J connectivity index is 1.75. The van der Waals surface area contributed by atoms with Gasteiger partial charge in [-0.05, 0) is 39.3 Å². The molecule has 2 rings (SSSR count). The molecule has 1 N–H and O–H groups in total. The second-order valence-corrected chi connectivity index (χ2v) is 5.31. The summed E-state index contributed by atoms with van der Waals surface area (Å²) in [5.41, 5.74) is 0. The van der Waals surface area contributed by atoms with E-state index >= 15 is 0 Å². The molecular formula is C13H27N3. The molecular weight excluding hydrogens is 198 g/mol. The Morgan fingerprint density at radius 3 is 2.31 bits per heavy atom. The van der Waals surface area contributed by atoms with E-state index in [4.69, 9.17) is 0 Å². The van der Waals surface area contributed by atoms with Gasteiger partial charge in [0.15, 0.2) is 0 Å². The zero-order chi connectivity index (χ0) is 11.4. The van der Waals surface area contributed by atoms with Crippen molar-refractivity contribution in [3.63, 3.8) is 0 Å². The number of hydrogen-bond donors (Lipinski definition) is 1. The van der Waals surface area contributed by atoms with Crippen LogP contribution in [0.3, 0.4) is 0 Å². The lowest BCUT2D eigenvalue weighted by Crippen LogP contribution is -2.52. The van der Waals surface area contributed by atoms with Gasteiger partial charge in [0.2, 0.25) is 0 Å². The number of rotatable bonds is 3. The van der Waals surface area contributed by atoms with E-state index in [1.54, 1.807) is 0 Å². The minimum Gasteiger partial charge on any atom is -0.314 e. The lowest BCUT2D eigenvalue weighted by molar-refractivity contribution is 0.0792. The molecule has 2 saturated heterocycles. The van der Waals surface area contributed by atoms with Crippen molar-refractivity contribution in [3.8, 4) is 0 Å². The van der Waals surface area contributed by atoms with Crippen molar-refractivity contribution >= 4 is 0 Å². The van der Waals surface area contributed by atoms with Crippen molar-refractivity contribution in [1.82, 2.24) is 15.1 Å². The van der Waals surface area contributed by atoms with Gasteiger partial charge in [-0.1, -0.05) is 6.92 Å². The van der Waals surface area contributed by atoms with Gasteiger partial charge in [0.1, 0.15) is 0 Å². The second-order valence-electron chi connectivity index (χ2n) is 5.31. The highest BCUT2D eigenvalue weighted by atomic mass is 15.2. The molecule has 0 radical (unpaired) electrons. The molecule has 1 unspecified atom stereocenters. The fourth-order valence-electron chi connectivity index (χ4n) is 3.00. The Kier molecular flexibility index (Phi) is 4.62. The summed E-state index contributed by atoms with van der Waals surface area (Å²) in [6.45, 7) is 12.2. The summed E-state index contributed by atoms with van der Waals surface area (Å²) in [5, 5.41) is 3.44. The molecule has 94 valence electrons. The van der Waals surface area contributed by atoms with Gasteiger partial charge in [-0.15, -0.1) is 0 Å². The topological polar surface area (TPSA) is 18.5 Å². The van der Waals surface area contributed by atoms with E-state index in [0.717, 1.165) is 12.1 Å². The van der Waals surface area contributed by atoms with E-state index in [1.165, 1.54) is 58.5 Å². The molecule has 0 aliphatic carbocycles. The molecule has 0 amide bonds. The van der Waals surface area contributed by atoms with Crippen molar-refractivity contribution in [3.05, 3.63) is 0 Å². The van der Waals surface area contributed by atoms with Crippen LogP contribution in [0.4, 0.5) is 0 Å². The number of likely N-dealkylation sites (tertiary alicyclic amines) is 1. The third-order valence-corrected chi connectivity index (χ3v) is 4.38. The largest absolute Gasteiger partial charge is 0.314 e. The average Bonchev–Trinajstić information content (AvgIpc) is 2.39. The van der Waals surface area contributed by atoms with Gasteiger partial charge in [0.05, 0.1) is 0 Å². The van der Waals surface area contributed by atoms with Crippen LogP contribution < -0.4 is 5.32 Å². The summed E-state index contributed by atoms with van der Waals surface area (Å²) in [4.78, 5) is 5.36. The van der Waals surface area contributed by atoms with Crippen LogP contribution in [0, 0.1) is 0 Å². The van der Waals surface area contributed by atoms with E-state index in [0.29, 0.717) is 0 Å². The lowest BCUT2D eigenvalue weighted by atomic mass is 10.0. The summed E-state index contributed by atoms with van der Waals surface area (Å²) in [6.07, 6.45) is 4.05. The summed E-state index contributed by atoms with van der Waals surface area (Å²) < 4.78 is 0. The minimum absolute atomic E-state index is 0.781. The van der Waals surface area contributed by atoms with Gasteiger partial charge < -0.3 is 10.2 Å². The first-order valence-electron chi connectivity index (χ1n) is 7.00. The standard InChI is InChI=1S/C13H27N3/c1-3-12(2)15-8-4-13(5-9-15)16-10-6-14-7-11-16/h12-14H,3-11H2,1-2H3. The molecule has 3 heteroatoms. The van der Waals surface area contributed by atoms with Crippen LogP contribution in [0.5, 0.6) is 0 Å². The normalized spacial score (nSPS) is 28.1. The van der Waals surface area contributed by atoms with Gasteiger partial charge >= 0.3 is 0 Å². The van der Waals surface area contributed by atoms with E-state index in [2.05, 4.69) is 29.0 Å². The Morgan fingerprint density at radius 1 is 1.12 bits per heavy atom. The molecule has 0 saturated carbocycles. The Labute approximate surface area is 100 Å². The summed E-state index contributed by atoms with van der Waals surface area (Å²) in [5.74, 6) is 0. The maximum Gasteiger partial charge on any atom is 0.0121 e. The third kappa shape index (κ3) is 2.96. The molecule has 1 atom stereocenters. The second kappa shape index (κ2) is 5.99. The molecule has 2 aliphatic heterocycles. The van der Waals surface area contributed by atoms with E-state index < -0.39 is 0 Å². The Hall–Kier alpha value is -0.120. The van der Waals surface area contributed by atoms with Crippen molar-refractivity contribution in [2.45, 2.75) is 45.2 Å². The van der Waals surface area contributed by atoms with Crippen LogP contribution in [0.15, 0.2) is 0 Å². The van der Waals surface area contributed by atoms with E-state index in [-0.39, 0.29) is 0 Å². The molecule has 16 heavy (non-hydrogen) atoms. The van der Waals surface area contributed by atoms with Crippen LogP contribution in [0.2, 0.25) is 0 Å². The number of nitrogens with one attached hydrogen (secondary N) is 1. The molecule has 3 nitrogen and oxygen atoms in total. The molecule has 2 heterocycles. The lowest BCUT2D eigenvalue weighted by Gasteiger charge is -2.42. The average molecular weight is 225 g/mol. The number of piperazine rings is 1. The Morgan fingerprint density at radius 2 is 1.75 bits per heavy atom. The van der Waals surface area contributed by atoms with Crippen molar-refractivity contribution in [1.29, 1.82) is 0 Å². The Bertz CT molecular complexity index is 193. The van der Waals surface area contributed by atoms with Crippen molar-refractivity contribution in [2.24, 2.45) is 0 Å². The zero-order valence-electron chi connectivity index (χ0n) is 10.9. The van der Waals surface area contributed by atoms with Crippen LogP contribution in [-0.4, -0.2) is 61.2 Å². The van der Waals surface area contributed by atoms with Crippen LogP contribution in [0.25, 0.3) is 0 Å². The molecule has 2 aliphatic rings.